The van der Waals surface area contributed by atoms with Gasteiger partial charge in [0.05, 0.1) is 6.04 Å². The van der Waals surface area contributed by atoms with Gasteiger partial charge in [0.2, 0.25) is 5.91 Å². The van der Waals surface area contributed by atoms with Gasteiger partial charge in [-0.3, -0.25) is 4.79 Å². The summed E-state index contributed by atoms with van der Waals surface area (Å²) in [5.41, 5.74) is 5.76. The van der Waals surface area contributed by atoms with Crippen LogP contribution < -0.4 is 5.73 Å². The van der Waals surface area contributed by atoms with Gasteiger partial charge in [-0.15, -0.1) is 0 Å². The van der Waals surface area contributed by atoms with Crippen LogP contribution in [0.5, 0.6) is 0 Å². The van der Waals surface area contributed by atoms with Crippen molar-refractivity contribution in [1.82, 2.24) is 4.90 Å². The van der Waals surface area contributed by atoms with Crippen molar-refractivity contribution in [3.63, 3.8) is 0 Å². The maximum atomic E-state index is 11.9. The fourth-order valence-electron chi connectivity index (χ4n) is 1.29. The summed E-state index contributed by atoms with van der Waals surface area (Å²) in [5.74, 6) is 0.578. The highest BCUT2D eigenvalue weighted by Gasteiger charge is 2.29. The van der Waals surface area contributed by atoms with Gasteiger partial charge in [-0.05, 0) is 11.3 Å². The van der Waals surface area contributed by atoms with E-state index in [1.807, 2.05) is 27.8 Å². The molecule has 0 aromatic heterocycles. The van der Waals surface area contributed by atoms with Crippen LogP contribution in [0.1, 0.15) is 41.0 Å². The van der Waals surface area contributed by atoms with Gasteiger partial charge >= 0.3 is 0 Å². The van der Waals surface area contributed by atoms with E-state index in [4.69, 9.17) is 5.73 Å². The minimum absolute atomic E-state index is 0.0443. The zero-order valence-corrected chi connectivity index (χ0v) is 11.0. The molecule has 0 aliphatic rings. The second-order valence-electron chi connectivity index (χ2n) is 5.58. The summed E-state index contributed by atoms with van der Waals surface area (Å²) < 4.78 is 0. The molecule has 0 fully saturated rings. The summed E-state index contributed by atoms with van der Waals surface area (Å²) in [7, 11) is 1.83. The van der Waals surface area contributed by atoms with Gasteiger partial charge in [0, 0.05) is 13.6 Å². The Hall–Kier alpha value is -0.570. The Morgan fingerprint density at radius 3 is 2.20 bits per heavy atom. The molecule has 0 radical (unpaired) electrons. The van der Waals surface area contributed by atoms with Gasteiger partial charge < -0.3 is 10.6 Å². The summed E-state index contributed by atoms with van der Waals surface area (Å²) in [6.45, 7) is 11.0. The van der Waals surface area contributed by atoms with Crippen LogP contribution >= 0.6 is 0 Å². The zero-order chi connectivity index (χ0) is 12.2. The molecule has 0 saturated carbocycles. The van der Waals surface area contributed by atoms with E-state index < -0.39 is 6.04 Å². The fourth-order valence-corrected chi connectivity index (χ4v) is 1.29. The number of nitrogens with two attached hydrogens (primary N) is 1. The Morgan fingerprint density at radius 1 is 1.40 bits per heavy atom. The molecule has 0 saturated heterocycles. The molecular formula is C12H26N2O. The van der Waals surface area contributed by atoms with Crippen LogP contribution in [0.25, 0.3) is 0 Å². The lowest BCUT2D eigenvalue weighted by Crippen LogP contribution is -2.50. The Kier molecular flexibility index (Phi) is 5.29. The van der Waals surface area contributed by atoms with Crippen molar-refractivity contribution >= 4 is 5.91 Å². The Bertz CT molecular complexity index is 208. The smallest absolute Gasteiger partial charge is 0.239 e. The van der Waals surface area contributed by atoms with Crippen molar-refractivity contribution in [1.29, 1.82) is 0 Å². The molecule has 0 aliphatic heterocycles. The van der Waals surface area contributed by atoms with Crippen molar-refractivity contribution in [3.05, 3.63) is 0 Å². The Labute approximate surface area is 94.0 Å². The van der Waals surface area contributed by atoms with E-state index in [9.17, 15) is 4.79 Å². The van der Waals surface area contributed by atoms with E-state index >= 15 is 0 Å². The highest BCUT2D eigenvalue weighted by Crippen LogP contribution is 2.19. The second-order valence-corrected chi connectivity index (χ2v) is 5.58. The van der Waals surface area contributed by atoms with Crippen molar-refractivity contribution < 1.29 is 4.79 Å². The highest BCUT2D eigenvalue weighted by atomic mass is 16.2. The molecule has 3 heteroatoms. The summed E-state index contributed by atoms with van der Waals surface area (Å²) in [4.78, 5) is 13.7. The summed E-state index contributed by atoms with van der Waals surface area (Å²) in [5, 5.41) is 0. The van der Waals surface area contributed by atoms with Crippen molar-refractivity contribution in [2.45, 2.75) is 47.1 Å². The van der Waals surface area contributed by atoms with E-state index in [0.717, 1.165) is 13.0 Å². The molecule has 0 rings (SSSR count). The van der Waals surface area contributed by atoms with Gasteiger partial charge in [0.25, 0.3) is 0 Å². The number of amides is 1. The molecule has 0 heterocycles. The first-order valence-electron chi connectivity index (χ1n) is 5.70. The topological polar surface area (TPSA) is 46.3 Å². The molecule has 1 unspecified atom stereocenters. The lowest BCUT2D eigenvalue weighted by atomic mass is 9.86. The Balaban J connectivity index is 4.32. The maximum Gasteiger partial charge on any atom is 0.239 e. The first-order valence-corrected chi connectivity index (χ1v) is 5.70. The fraction of sp³-hybridized carbons (Fsp3) is 0.917. The predicted octanol–water partition coefficient (Wildman–Crippen LogP) is 1.86. The second kappa shape index (κ2) is 5.50. The summed E-state index contributed by atoms with van der Waals surface area (Å²) in [6.07, 6.45) is 1.09. The molecule has 0 spiro atoms. The van der Waals surface area contributed by atoms with E-state index in [2.05, 4.69) is 13.8 Å². The van der Waals surface area contributed by atoms with E-state index in [1.54, 1.807) is 4.90 Å². The van der Waals surface area contributed by atoms with Gasteiger partial charge in [-0.2, -0.15) is 0 Å². The van der Waals surface area contributed by atoms with Crippen LogP contribution in [-0.4, -0.2) is 30.4 Å². The normalized spacial score (nSPS) is 15.9. The van der Waals surface area contributed by atoms with Crippen molar-refractivity contribution in [2.24, 2.45) is 17.1 Å². The average Bonchev–Trinajstić information content (AvgIpc) is 2.13. The number of likely N-dealkylation sites (N-methyl/N-ethyl adjacent to an activating group) is 1. The molecule has 1 amide bonds. The molecule has 3 nitrogen and oxygen atoms in total. The Morgan fingerprint density at radius 2 is 1.87 bits per heavy atom. The van der Waals surface area contributed by atoms with Crippen LogP contribution in [0.4, 0.5) is 0 Å². The number of hydrogen-bond donors (Lipinski definition) is 1. The largest absolute Gasteiger partial charge is 0.344 e. The van der Waals surface area contributed by atoms with E-state index in [0.29, 0.717) is 5.92 Å². The van der Waals surface area contributed by atoms with Gasteiger partial charge in [0.15, 0.2) is 0 Å². The summed E-state index contributed by atoms with van der Waals surface area (Å²) >= 11 is 0. The van der Waals surface area contributed by atoms with Crippen LogP contribution in [0, 0.1) is 11.3 Å². The highest BCUT2D eigenvalue weighted by molar-refractivity contribution is 5.82. The summed E-state index contributed by atoms with van der Waals surface area (Å²) in [6, 6.07) is -0.411. The standard InChI is InChI=1S/C12H26N2O/c1-7-9(2)8-14(6)11(15)10(13)12(3,4)5/h9-10H,7-8,13H2,1-6H3/t9?,10-/m1/s1. The molecule has 0 aromatic carbocycles. The lowest BCUT2D eigenvalue weighted by molar-refractivity contribution is -0.134. The number of rotatable bonds is 4. The van der Waals surface area contributed by atoms with E-state index in [-0.39, 0.29) is 11.3 Å². The zero-order valence-electron chi connectivity index (χ0n) is 11.0. The molecular weight excluding hydrogens is 188 g/mol. The van der Waals surface area contributed by atoms with Crippen LogP contribution in [0.15, 0.2) is 0 Å². The lowest BCUT2D eigenvalue weighted by Gasteiger charge is -2.31. The van der Waals surface area contributed by atoms with E-state index in [1.165, 1.54) is 0 Å². The van der Waals surface area contributed by atoms with Crippen molar-refractivity contribution in [2.75, 3.05) is 13.6 Å². The van der Waals surface area contributed by atoms with Crippen LogP contribution in [-0.2, 0) is 4.79 Å². The van der Waals surface area contributed by atoms with Gasteiger partial charge in [-0.1, -0.05) is 41.0 Å². The minimum atomic E-state index is -0.411. The molecule has 2 N–H and O–H groups in total. The predicted molar refractivity (Wildman–Crippen MR) is 64.5 cm³/mol. The number of carbonyl (C=O) groups is 1. The number of hydrogen-bond acceptors (Lipinski definition) is 2. The number of nitrogens with zero attached hydrogens (tertiary/aromatic N) is 1. The first-order chi connectivity index (χ1) is 6.70. The van der Waals surface area contributed by atoms with Crippen molar-refractivity contribution in [3.8, 4) is 0 Å². The monoisotopic (exact) mass is 214 g/mol. The molecule has 90 valence electrons. The average molecular weight is 214 g/mol. The van der Waals surface area contributed by atoms with Crippen LogP contribution in [0.3, 0.4) is 0 Å². The van der Waals surface area contributed by atoms with Crippen LogP contribution in [0.2, 0.25) is 0 Å². The first kappa shape index (κ1) is 14.4. The van der Waals surface area contributed by atoms with Gasteiger partial charge in [-0.25, -0.2) is 0 Å². The SMILES string of the molecule is CCC(C)CN(C)C(=O)[C@@H](N)C(C)(C)C. The quantitative estimate of drug-likeness (QED) is 0.776. The number of carbonyl (C=O) groups excluding carboxylic acids is 1. The molecule has 0 bridgehead atoms. The third-order valence-corrected chi connectivity index (χ3v) is 2.86. The minimum Gasteiger partial charge on any atom is -0.344 e. The molecule has 2 atom stereocenters. The van der Waals surface area contributed by atoms with Gasteiger partial charge in [0.1, 0.15) is 0 Å². The molecule has 0 aliphatic carbocycles. The molecule has 15 heavy (non-hydrogen) atoms. The maximum absolute atomic E-state index is 11.9. The third kappa shape index (κ3) is 4.65. The molecule has 0 aromatic rings. The third-order valence-electron chi connectivity index (χ3n) is 2.86.